The standard InChI is InChI=1S/C16H16N2OS/c1-12(10-18-9-8-17-11-18)15-6-7-16(20-15)13-2-4-14(19)5-3-13/h2-9,11-12,19H,10H2,1H3. The number of rotatable bonds is 4. The molecule has 2 heterocycles. The van der Waals surface area contributed by atoms with Gasteiger partial charge in [0.05, 0.1) is 6.33 Å². The van der Waals surface area contributed by atoms with Crippen LogP contribution in [0, 0.1) is 0 Å². The van der Waals surface area contributed by atoms with Crippen LogP contribution in [0.5, 0.6) is 5.75 Å². The highest BCUT2D eigenvalue weighted by Crippen LogP contribution is 2.33. The summed E-state index contributed by atoms with van der Waals surface area (Å²) in [6, 6.07) is 11.7. The summed E-state index contributed by atoms with van der Waals surface area (Å²) in [5.74, 6) is 0.763. The maximum Gasteiger partial charge on any atom is 0.115 e. The molecule has 0 saturated heterocycles. The molecule has 3 aromatic rings. The molecule has 1 unspecified atom stereocenters. The highest BCUT2D eigenvalue weighted by molar-refractivity contribution is 7.15. The van der Waals surface area contributed by atoms with Gasteiger partial charge in [0.15, 0.2) is 0 Å². The van der Waals surface area contributed by atoms with Crippen LogP contribution in [0.1, 0.15) is 17.7 Å². The first-order valence-corrected chi connectivity index (χ1v) is 7.39. The van der Waals surface area contributed by atoms with Gasteiger partial charge < -0.3 is 9.67 Å². The first-order chi connectivity index (χ1) is 9.72. The van der Waals surface area contributed by atoms with Crippen molar-refractivity contribution in [2.45, 2.75) is 19.4 Å². The van der Waals surface area contributed by atoms with Crippen molar-refractivity contribution in [2.75, 3.05) is 0 Å². The molecular formula is C16H16N2OS. The zero-order valence-corrected chi connectivity index (χ0v) is 12.0. The smallest absolute Gasteiger partial charge is 0.115 e. The van der Waals surface area contributed by atoms with E-state index < -0.39 is 0 Å². The number of thiophene rings is 1. The van der Waals surface area contributed by atoms with Crippen molar-refractivity contribution in [3.8, 4) is 16.2 Å². The van der Waals surface area contributed by atoms with Gasteiger partial charge in [0.2, 0.25) is 0 Å². The number of hydrogen-bond donors (Lipinski definition) is 1. The van der Waals surface area contributed by atoms with Gasteiger partial charge in [-0.1, -0.05) is 6.92 Å². The van der Waals surface area contributed by atoms with Crippen LogP contribution in [0.4, 0.5) is 0 Å². The second-order valence-corrected chi connectivity index (χ2v) is 6.02. The first-order valence-electron chi connectivity index (χ1n) is 6.57. The topological polar surface area (TPSA) is 38.0 Å². The number of aromatic hydroxyl groups is 1. The van der Waals surface area contributed by atoms with Crippen LogP contribution >= 0.6 is 11.3 Å². The predicted molar refractivity (Wildman–Crippen MR) is 82.1 cm³/mol. The third-order valence-electron chi connectivity index (χ3n) is 3.31. The average molecular weight is 284 g/mol. The lowest BCUT2D eigenvalue weighted by Crippen LogP contribution is -2.02. The van der Waals surface area contributed by atoms with Gasteiger partial charge in [-0.05, 0) is 42.0 Å². The fraction of sp³-hybridized carbons (Fsp3) is 0.188. The van der Waals surface area contributed by atoms with E-state index in [9.17, 15) is 5.11 Å². The van der Waals surface area contributed by atoms with Gasteiger partial charge in [-0.15, -0.1) is 11.3 Å². The molecule has 3 nitrogen and oxygen atoms in total. The van der Waals surface area contributed by atoms with Crippen LogP contribution < -0.4 is 0 Å². The van der Waals surface area contributed by atoms with E-state index in [1.54, 1.807) is 23.5 Å². The monoisotopic (exact) mass is 284 g/mol. The summed E-state index contributed by atoms with van der Waals surface area (Å²) < 4.78 is 2.10. The lowest BCUT2D eigenvalue weighted by Gasteiger charge is -2.09. The van der Waals surface area contributed by atoms with E-state index in [2.05, 4.69) is 28.6 Å². The number of phenolic OH excluding ortho intramolecular Hbond substituents is 1. The number of aromatic nitrogens is 2. The van der Waals surface area contributed by atoms with Crippen LogP contribution in [0.25, 0.3) is 10.4 Å². The summed E-state index contributed by atoms with van der Waals surface area (Å²) in [7, 11) is 0. The molecule has 2 aromatic heterocycles. The molecule has 20 heavy (non-hydrogen) atoms. The highest BCUT2D eigenvalue weighted by Gasteiger charge is 2.10. The molecule has 102 valence electrons. The second kappa shape index (κ2) is 5.51. The Morgan fingerprint density at radius 2 is 2.00 bits per heavy atom. The molecule has 0 aliphatic carbocycles. The molecule has 1 aromatic carbocycles. The van der Waals surface area contributed by atoms with E-state index in [0.29, 0.717) is 11.7 Å². The van der Waals surface area contributed by atoms with Crippen molar-refractivity contribution in [2.24, 2.45) is 0 Å². The van der Waals surface area contributed by atoms with Crippen molar-refractivity contribution < 1.29 is 5.11 Å². The van der Waals surface area contributed by atoms with E-state index in [1.165, 1.54) is 9.75 Å². The molecule has 0 aliphatic rings. The minimum atomic E-state index is 0.305. The Morgan fingerprint density at radius 1 is 1.20 bits per heavy atom. The Kier molecular flexibility index (Phi) is 3.56. The molecule has 3 rings (SSSR count). The van der Waals surface area contributed by atoms with Crippen LogP contribution in [-0.4, -0.2) is 14.7 Å². The minimum absolute atomic E-state index is 0.305. The summed E-state index contributed by atoms with van der Waals surface area (Å²) >= 11 is 1.81. The molecule has 0 spiro atoms. The Balaban J connectivity index is 1.77. The van der Waals surface area contributed by atoms with E-state index in [1.807, 2.05) is 30.9 Å². The number of phenols is 1. The van der Waals surface area contributed by atoms with Gasteiger partial charge in [-0.25, -0.2) is 4.98 Å². The van der Waals surface area contributed by atoms with Crippen molar-refractivity contribution in [3.63, 3.8) is 0 Å². The van der Waals surface area contributed by atoms with Gasteiger partial charge in [0.1, 0.15) is 5.75 Å². The van der Waals surface area contributed by atoms with E-state index in [0.717, 1.165) is 12.1 Å². The number of nitrogens with zero attached hydrogens (tertiary/aromatic N) is 2. The molecule has 0 saturated carbocycles. The van der Waals surface area contributed by atoms with Gasteiger partial charge in [0, 0.05) is 34.6 Å². The molecule has 1 N–H and O–H groups in total. The second-order valence-electron chi connectivity index (χ2n) is 4.91. The summed E-state index contributed by atoms with van der Waals surface area (Å²) in [6.45, 7) is 3.17. The summed E-state index contributed by atoms with van der Waals surface area (Å²) in [5.41, 5.74) is 1.15. The van der Waals surface area contributed by atoms with E-state index in [-0.39, 0.29) is 0 Å². The molecule has 0 aliphatic heterocycles. The maximum absolute atomic E-state index is 9.34. The molecule has 0 bridgehead atoms. The predicted octanol–water partition coefficient (Wildman–Crippen LogP) is 4.12. The highest BCUT2D eigenvalue weighted by atomic mass is 32.1. The van der Waals surface area contributed by atoms with Gasteiger partial charge in [-0.3, -0.25) is 0 Å². The lowest BCUT2D eigenvalue weighted by atomic mass is 10.1. The summed E-state index contributed by atoms with van der Waals surface area (Å²) in [6.07, 6.45) is 5.65. The Labute approximate surface area is 122 Å². The van der Waals surface area contributed by atoms with Crippen LogP contribution in [0.2, 0.25) is 0 Å². The van der Waals surface area contributed by atoms with Crippen LogP contribution in [-0.2, 0) is 6.54 Å². The fourth-order valence-electron chi connectivity index (χ4n) is 2.20. The SMILES string of the molecule is CC(Cn1ccnc1)c1ccc(-c2ccc(O)cc2)s1. The van der Waals surface area contributed by atoms with Crippen molar-refractivity contribution in [3.05, 3.63) is 60.0 Å². The van der Waals surface area contributed by atoms with Crippen LogP contribution in [0.15, 0.2) is 55.1 Å². The number of benzene rings is 1. The van der Waals surface area contributed by atoms with Crippen LogP contribution in [0.3, 0.4) is 0 Å². The van der Waals surface area contributed by atoms with Crippen molar-refractivity contribution >= 4 is 11.3 Å². The van der Waals surface area contributed by atoms with E-state index >= 15 is 0 Å². The third-order valence-corrected chi connectivity index (χ3v) is 4.67. The third kappa shape index (κ3) is 2.75. The molecule has 0 amide bonds. The maximum atomic E-state index is 9.34. The molecule has 4 heteroatoms. The largest absolute Gasteiger partial charge is 0.508 e. The normalized spacial score (nSPS) is 12.4. The van der Waals surface area contributed by atoms with Crippen molar-refractivity contribution in [1.82, 2.24) is 9.55 Å². The minimum Gasteiger partial charge on any atom is -0.508 e. The van der Waals surface area contributed by atoms with E-state index in [4.69, 9.17) is 0 Å². The van der Waals surface area contributed by atoms with Gasteiger partial charge >= 0.3 is 0 Å². The molecular weight excluding hydrogens is 268 g/mol. The summed E-state index contributed by atoms with van der Waals surface area (Å²) in [4.78, 5) is 6.67. The fourth-order valence-corrected chi connectivity index (χ4v) is 3.26. The number of hydrogen-bond acceptors (Lipinski definition) is 3. The van der Waals surface area contributed by atoms with Gasteiger partial charge in [0.25, 0.3) is 0 Å². The first kappa shape index (κ1) is 12.9. The Morgan fingerprint density at radius 3 is 2.70 bits per heavy atom. The quantitative estimate of drug-likeness (QED) is 0.782. The van der Waals surface area contributed by atoms with Gasteiger partial charge in [-0.2, -0.15) is 0 Å². The lowest BCUT2D eigenvalue weighted by molar-refractivity contribution is 0.475. The van der Waals surface area contributed by atoms with Crippen molar-refractivity contribution in [1.29, 1.82) is 0 Å². The molecule has 0 fully saturated rings. The molecule has 0 radical (unpaired) electrons. The summed E-state index contributed by atoms with van der Waals surface area (Å²) in [5, 5.41) is 9.34. The molecule has 1 atom stereocenters. The average Bonchev–Trinajstić information content (AvgIpc) is 3.10. The number of imidazole rings is 1. The zero-order chi connectivity index (χ0) is 13.9. The Bertz CT molecular complexity index is 671. The zero-order valence-electron chi connectivity index (χ0n) is 11.2. The Hall–Kier alpha value is -2.07.